The van der Waals surface area contributed by atoms with Gasteiger partial charge in [0.1, 0.15) is 5.82 Å². The van der Waals surface area contributed by atoms with Gasteiger partial charge in [0.05, 0.1) is 30.1 Å². The minimum absolute atomic E-state index is 0.0167. The molecule has 17 heavy (non-hydrogen) atoms. The summed E-state index contributed by atoms with van der Waals surface area (Å²) in [6.07, 6.45) is 1.68. The second-order valence-electron chi connectivity index (χ2n) is 3.85. The number of aromatic nitrogens is 2. The van der Waals surface area contributed by atoms with Crippen molar-refractivity contribution in [3.05, 3.63) is 53.1 Å². The van der Waals surface area contributed by atoms with E-state index < -0.39 is 0 Å². The van der Waals surface area contributed by atoms with Crippen LogP contribution in [0.25, 0.3) is 0 Å². The van der Waals surface area contributed by atoms with E-state index in [1.807, 2.05) is 23.6 Å². The molecule has 0 aliphatic rings. The molecule has 0 saturated carbocycles. The van der Waals surface area contributed by atoms with E-state index in [1.165, 1.54) is 0 Å². The van der Waals surface area contributed by atoms with Gasteiger partial charge in [-0.15, -0.1) is 0 Å². The first kappa shape index (κ1) is 11.4. The zero-order chi connectivity index (χ0) is 12.3. The summed E-state index contributed by atoms with van der Waals surface area (Å²) in [5.74, 6) is 0.874. The van der Waals surface area contributed by atoms with Gasteiger partial charge in [0, 0.05) is 6.54 Å². The number of hydrogen-bond acceptors (Lipinski definition) is 3. The van der Waals surface area contributed by atoms with Gasteiger partial charge in [0.15, 0.2) is 0 Å². The molecule has 0 saturated heterocycles. The number of rotatable bonds is 3. The highest BCUT2D eigenvalue weighted by molar-refractivity contribution is 5.31. The number of aliphatic hydroxyl groups excluding tert-OH is 1. The highest BCUT2D eigenvalue weighted by atomic mass is 16.3. The lowest BCUT2D eigenvalue weighted by Crippen LogP contribution is -2.06. The lowest BCUT2D eigenvalue weighted by molar-refractivity contribution is 0.271. The fourth-order valence-corrected chi connectivity index (χ4v) is 1.72. The van der Waals surface area contributed by atoms with Crippen molar-refractivity contribution >= 4 is 0 Å². The van der Waals surface area contributed by atoms with E-state index in [9.17, 15) is 5.11 Å². The van der Waals surface area contributed by atoms with Crippen molar-refractivity contribution in [2.24, 2.45) is 0 Å². The van der Waals surface area contributed by atoms with Crippen LogP contribution >= 0.6 is 0 Å². The fraction of sp³-hybridized carbons (Fsp3) is 0.231. The third-order valence-corrected chi connectivity index (χ3v) is 2.72. The molecular formula is C13H13N3O. The molecule has 0 atom stereocenters. The average molecular weight is 227 g/mol. The summed E-state index contributed by atoms with van der Waals surface area (Å²) in [4.78, 5) is 4.17. The molecule has 2 aromatic rings. The van der Waals surface area contributed by atoms with Crippen LogP contribution in [0.4, 0.5) is 0 Å². The second-order valence-corrected chi connectivity index (χ2v) is 3.85. The molecule has 0 bridgehead atoms. The zero-order valence-corrected chi connectivity index (χ0v) is 9.59. The summed E-state index contributed by atoms with van der Waals surface area (Å²) in [5.41, 5.74) is 2.53. The molecule has 0 fully saturated rings. The van der Waals surface area contributed by atoms with Crippen LogP contribution in [0.2, 0.25) is 0 Å². The van der Waals surface area contributed by atoms with E-state index in [0.717, 1.165) is 17.1 Å². The zero-order valence-electron chi connectivity index (χ0n) is 9.59. The molecule has 4 nitrogen and oxygen atoms in total. The van der Waals surface area contributed by atoms with E-state index in [-0.39, 0.29) is 6.61 Å². The SMILES string of the molecule is Cc1ncc(CO)n1Cc1ccc(C#N)cc1. The summed E-state index contributed by atoms with van der Waals surface area (Å²) >= 11 is 0. The van der Waals surface area contributed by atoms with Crippen LogP contribution in [0.5, 0.6) is 0 Å². The molecule has 0 radical (unpaired) electrons. The third-order valence-electron chi connectivity index (χ3n) is 2.72. The fourth-order valence-electron chi connectivity index (χ4n) is 1.72. The summed E-state index contributed by atoms with van der Waals surface area (Å²) < 4.78 is 1.96. The van der Waals surface area contributed by atoms with Crippen molar-refractivity contribution in [2.75, 3.05) is 0 Å². The van der Waals surface area contributed by atoms with Crippen molar-refractivity contribution in [1.29, 1.82) is 5.26 Å². The maximum atomic E-state index is 9.19. The smallest absolute Gasteiger partial charge is 0.106 e. The van der Waals surface area contributed by atoms with Crippen molar-refractivity contribution in [3.8, 4) is 6.07 Å². The van der Waals surface area contributed by atoms with Gasteiger partial charge in [-0.2, -0.15) is 5.26 Å². The molecule has 4 heteroatoms. The quantitative estimate of drug-likeness (QED) is 0.866. The highest BCUT2D eigenvalue weighted by Crippen LogP contribution is 2.10. The second kappa shape index (κ2) is 4.81. The van der Waals surface area contributed by atoms with Gasteiger partial charge >= 0.3 is 0 Å². The molecular weight excluding hydrogens is 214 g/mol. The Labute approximate surface area is 99.8 Å². The Hall–Kier alpha value is -2.12. The van der Waals surface area contributed by atoms with Crippen molar-refractivity contribution in [2.45, 2.75) is 20.1 Å². The van der Waals surface area contributed by atoms with Gasteiger partial charge in [0.25, 0.3) is 0 Å². The predicted octanol–water partition coefficient (Wildman–Crippen LogP) is 1.60. The van der Waals surface area contributed by atoms with E-state index in [0.29, 0.717) is 12.1 Å². The van der Waals surface area contributed by atoms with Gasteiger partial charge in [-0.3, -0.25) is 0 Å². The summed E-state index contributed by atoms with van der Waals surface area (Å²) in [6.45, 7) is 2.55. The Kier molecular flexibility index (Phi) is 3.22. The number of aliphatic hydroxyl groups is 1. The van der Waals surface area contributed by atoms with Gasteiger partial charge in [-0.05, 0) is 24.6 Å². The molecule has 1 aromatic carbocycles. The monoisotopic (exact) mass is 227 g/mol. The molecule has 1 heterocycles. The largest absolute Gasteiger partial charge is 0.390 e. The topological polar surface area (TPSA) is 61.8 Å². The molecule has 0 unspecified atom stereocenters. The van der Waals surface area contributed by atoms with Crippen LogP contribution in [0.15, 0.2) is 30.5 Å². The van der Waals surface area contributed by atoms with Crippen LogP contribution in [0.1, 0.15) is 22.6 Å². The first-order chi connectivity index (χ1) is 8.24. The van der Waals surface area contributed by atoms with E-state index >= 15 is 0 Å². The molecule has 0 aliphatic heterocycles. The van der Waals surface area contributed by atoms with E-state index in [2.05, 4.69) is 11.1 Å². The average Bonchev–Trinajstić information content (AvgIpc) is 2.71. The maximum absolute atomic E-state index is 9.19. The Balaban J connectivity index is 2.25. The molecule has 0 spiro atoms. The normalized spacial score (nSPS) is 10.2. The van der Waals surface area contributed by atoms with Crippen molar-refractivity contribution in [3.63, 3.8) is 0 Å². The summed E-state index contributed by atoms with van der Waals surface area (Å²) in [7, 11) is 0. The molecule has 1 N–H and O–H groups in total. The standard InChI is InChI=1S/C13H13N3O/c1-10-15-7-13(9-17)16(10)8-12-4-2-11(6-14)3-5-12/h2-5,7,17H,8-9H2,1H3. The van der Waals surface area contributed by atoms with Crippen LogP contribution < -0.4 is 0 Å². The number of benzene rings is 1. The lowest BCUT2D eigenvalue weighted by atomic mass is 10.1. The highest BCUT2D eigenvalue weighted by Gasteiger charge is 2.06. The van der Waals surface area contributed by atoms with E-state index in [1.54, 1.807) is 18.3 Å². The van der Waals surface area contributed by atoms with Crippen LogP contribution in [-0.2, 0) is 13.2 Å². The minimum atomic E-state index is -0.0167. The van der Waals surface area contributed by atoms with Gasteiger partial charge in [-0.1, -0.05) is 12.1 Å². The number of aryl methyl sites for hydroxylation is 1. The van der Waals surface area contributed by atoms with Crippen LogP contribution in [-0.4, -0.2) is 14.7 Å². The van der Waals surface area contributed by atoms with Crippen molar-refractivity contribution in [1.82, 2.24) is 9.55 Å². The number of imidazole rings is 1. The summed E-state index contributed by atoms with van der Waals surface area (Å²) in [5, 5.41) is 17.9. The van der Waals surface area contributed by atoms with Crippen molar-refractivity contribution < 1.29 is 5.11 Å². The Morgan fingerprint density at radius 3 is 2.65 bits per heavy atom. The first-order valence-corrected chi connectivity index (χ1v) is 5.35. The molecule has 2 rings (SSSR count). The van der Waals surface area contributed by atoms with Gasteiger partial charge < -0.3 is 9.67 Å². The van der Waals surface area contributed by atoms with E-state index in [4.69, 9.17) is 5.26 Å². The Morgan fingerprint density at radius 2 is 2.06 bits per heavy atom. The maximum Gasteiger partial charge on any atom is 0.106 e. The minimum Gasteiger partial charge on any atom is -0.390 e. The lowest BCUT2D eigenvalue weighted by Gasteiger charge is -2.08. The Bertz CT molecular complexity index is 549. The van der Waals surface area contributed by atoms with Gasteiger partial charge in [-0.25, -0.2) is 4.98 Å². The summed E-state index contributed by atoms with van der Waals surface area (Å²) in [6, 6.07) is 9.50. The van der Waals surface area contributed by atoms with Crippen LogP contribution in [0.3, 0.4) is 0 Å². The first-order valence-electron chi connectivity index (χ1n) is 5.35. The molecule has 1 aromatic heterocycles. The molecule has 86 valence electrons. The Morgan fingerprint density at radius 1 is 1.35 bits per heavy atom. The molecule has 0 aliphatic carbocycles. The molecule has 0 amide bonds. The van der Waals surface area contributed by atoms with Gasteiger partial charge in [0.2, 0.25) is 0 Å². The number of hydrogen-bond donors (Lipinski definition) is 1. The number of nitrogens with zero attached hydrogens (tertiary/aromatic N) is 3. The predicted molar refractivity (Wildman–Crippen MR) is 63.1 cm³/mol. The third kappa shape index (κ3) is 2.35. The van der Waals surface area contributed by atoms with Crippen LogP contribution in [0, 0.1) is 18.3 Å². The number of nitriles is 1.